The molecule has 0 bridgehead atoms. The number of halogens is 1. The van der Waals surface area contributed by atoms with E-state index in [0.29, 0.717) is 6.42 Å². The van der Waals surface area contributed by atoms with Crippen LogP contribution in [0.2, 0.25) is 0 Å². The highest BCUT2D eigenvalue weighted by Gasteiger charge is 2.20. The molecular weight excluding hydrogens is 235 g/mol. The summed E-state index contributed by atoms with van der Waals surface area (Å²) in [6, 6.07) is 3.87. The first kappa shape index (κ1) is 14.4. The smallest absolute Gasteiger partial charge is 0.251 e. The van der Waals surface area contributed by atoms with Gasteiger partial charge in [0, 0.05) is 12.1 Å². The van der Waals surface area contributed by atoms with Gasteiger partial charge in [-0.2, -0.15) is 0 Å². The van der Waals surface area contributed by atoms with Gasteiger partial charge < -0.3 is 16.2 Å². The minimum atomic E-state index is -0.948. The minimum Gasteiger partial charge on any atom is -0.396 e. The Morgan fingerprint density at radius 1 is 1.56 bits per heavy atom. The molecule has 4 N–H and O–H groups in total. The topological polar surface area (TPSA) is 75.3 Å². The van der Waals surface area contributed by atoms with Crippen LogP contribution in [0.4, 0.5) is 10.1 Å². The molecule has 0 aliphatic heterocycles. The third-order valence-electron chi connectivity index (χ3n) is 2.68. The summed E-state index contributed by atoms with van der Waals surface area (Å²) in [4.78, 5) is 11.7. The lowest BCUT2D eigenvalue weighted by atomic mass is 10.0. The van der Waals surface area contributed by atoms with Crippen LogP contribution < -0.4 is 11.1 Å². The summed E-state index contributed by atoms with van der Waals surface area (Å²) in [7, 11) is 0. The summed E-state index contributed by atoms with van der Waals surface area (Å²) >= 11 is 0. The lowest BCUT2D eigenvalue weighted by Gasteiger charge is -2.22. The number of hydrogen-bond donors (Lipinski definition) is 3. The maximum absolute atomic E-state index is 13.2. The fourth-order valence-corrected chi connectivity index (χ4v) is 1.67. The highest BCUT2D eigenvalue weighted by molar-refractivity contribution is 5.94. The molecule has 4 nitrogen and oxygen atoms in total. The number of carbonyl (C=O) groups is 1. The number of hydrogen-bond acceptors (Lipinski definition) is 3. The molecular formula is C13H19FN2O2. The zero-order chi connectivity index (χ0) is 13.8. The van der Waals surface area contributed by atoms with Crippen molar-refractivity contribution < 1.29 is 14.3 Å². The van der Waals surface area contributed by atoms with Gasteiger partial charge in [-0.1, -0.05) is 13.3 Å². The second kappa shape index (κ2) is 5.82. The maximum atomic E-state index is 13.2. The summed E-state index contributed by atoms with van der Waals surface area (Å²) in [6.45, 7) is 3.73. The number of anilines is 1. The molecule has 5 heteroatoms. The molecule has 0 fully saturated rings. The molecule has 100 valence electrons. The Balaban J connectivity index is 2.63. The second-order valence-corrected chi connectivity index (χ2v) is 4.67. The number of carbonyl (C=O) groups excluding carboxylic acids is 1. The standard InChI is InChI=1S/C13H19FN2O2/c1-3-6-13(2,18)8-16-12(17)9-4-5-11(15)10(14)7-9/h4-5,7,18H,3,6,8,15H2,1-2H3,(H,16,17). The van der Waals surface area contributed by atoms with Gasteiger partial charge in [-0.25, -0.2) is 4.39 Å². The number of nitrogen functional groups attached to an aromatic ring is 1. The average Bonchev–Trinajstić information content (AvgIpc) is 2.30. The van der Waals surface area contributed by atoms with Crippen LogP contribution in [0.25, 0.3) is 0 Å². The van der Waals surface area contributed by atoms with E-state index in [-0.39, 0.29) is 17.8 Å². The van der Waals surface area contributed by atoms with Crippen LogP contribution in [-0.4, -0.2) is 23.2 Å². The molecule has 1 amide bonds. The van der Waals surface area contributed by atoms with E-state index in [4.69, 9.17) is 5.73 Å². The number of amides is 1. The van der Waals surface area contributed by atoms with Crippen molar-refractivity contribution in [1.29, 1.82) is 0 Å². The van der Waals surface area contributed by atoms with Gasteiger partial charge >= 0.3 is 0 Å². The molecule has 0 radical (unpaired) electrons. The van der Waals surface area contributed by atoms with Crippen LogP contribution in [0.15, 0.2) is 18.2 Å². The summed E-state index contributed by atoms with van der Waals surface area (Å²) in [5.74, 6) is -1.05. The molecule has 1 aromatic rings. The fourth-order valence-electron chi connectivity index (χ4n) is 1.67. The summed E-state index contributed by atoms with van der Waals surface area (Å²) in [5, 5.41) is 12.5. The quantitative estimate of drug-likeness (QED) is 0.700. The first-order valence-corrected chi connectivity index (χ1v) is 5.91. The van der Waals surface area contributed by atoms with Crippen molar-refractivity contribution in [3.8, 4) is 0 Å². The summed E-state index contributed by atoms with van der Waals surface area (Å²) in [5.41, 5.74) is 4.57. The Morgan fingerprint density at radius 2 is 2.22 bits per heavy atom. The van der Waals surface area contributed by atoms with Crippen molar-refractivity contribution in [3.05, 3.63) is 29.6 Å². The normalized spacial score (nSPS) is 14.0. The Morgan fingerprint density at radius 3 is 2.78 bits per heavy atom. The van der Waals surface area contributed by atoms with E-state index in [2.05, 4.69) is 5.32 Å². The van der Waals surface area contributed by atoms with Crippen LogP contribution in [-0.2, 0) is 0 Å². The molecule has 0 heterocycles. The van der Waals surface area contributed by atoms with E-state index in [0.717, 1.165) is 12.5 Å². The van der Waals surface area contributed by atoms with Gasteiger partial charge in [-0.3, -0.25) is 4.79 Å². The van der Waals surface area contributed by atoms with Crippen molar-refractivity contribution >= 4 is 11.6 Å². The minimum absolute atomic E-state index is 0.00419. The van der Waals surface area contributed by atoms with Crippen LogP contribution in [0.5, 0.6) is 0 Å². The molecule has 0 spiro atoms. The Bertz CT molecular complexity index is 433. The molecule has 1 aromatic carbocycles. The zero-order valence-electron chi connectivity index (χ0n) is 10.7. The van der Waals surface area contributed by atoms with E-state index in [1.54, 1.807) is 6.92 Å². The largest absolute Gasteiger partial charge is 0.396 e. The highest BCUT2D eigenvalue weighted by atomic mass is 19.1. The zero-order valence-corrected chi connectivity index (χ0v) is 10.7. The van der Waals surface area contributed by atoms with Crippen LogP contribution >= 0.6 is 0 Å². The Labute approximate surface area is 106 Å². The van der Waals surface area contributed by atoms with Gasteiger partial charge in [-0.05, 0) is 31.5 Å². The molecule has 0 aliphatic rings. The Hall–Kier alpha value is -1.62. The van der Waals surface area contributed by atoms with Crippen LogP contribution in [0, 0.1) is 5.82 Å². The number of aliphatic hydroxyl groups is 1. The van der Waals surface area contributed by atoms with Crippen LogP contribution in [0.1, 0.15) is 37.0 Å². The molecule has 0 saturated heterocycles. The van der Waals surface area contributed by atoms with E-state index >= 15 is 0 Å². The van der Waals surface area contributed by atoms with E-state index < -0.39 is 17.3 Å². The predicted octanol–water partition coefficient (Wildman–Crippen LogP) is 1.69. The third-order valence-corrected chi connectivity index (χ3v) is 2.68. The first-order valence-electron chi connectivity index (χ1n) is 5.91. The lowest BCUT2D eigenvalue weighted by molar-refractivity contribution is 0.0469. The molecule has 0 saturated carbocycles. The van der Waals surface area contributed by atoms with Crippen molar-refractivity contribution in [2.24, 2.45) is 0 Å². The van der Waals surface area contributed by atoms with Crippen molar-refractivity contribution in [2.75, 3.05) is 12.3 Å². The van der Waals surface area contributed by atoms with Gasteiger partial charge in [-0.15, -0.1) is 0 Å². The van der Waals surface area contributed by atoms with Crippen molar-refractivity contribution in [1.82, 2.24) is 5.32 Å². The second-order valence-electron chi connectivity index (χ2n) is 4.67. The molecule has 1 rings (SSSR count). The summed E-state index contributed by atoms with van der Waals surface area (Å²) < 4.78 is 13.2. The van der Waals surface area contributed by atoms with E-state index in [1.807, 2.05) is 6.92 Å². The van der Waals surface area contributed by atoms with Gasteiger partial charge in [0.2, 0.25) is 0 Å². The molecule has 18 heavy (non-hydrogen) atoms. The van der Waals surface area contributed by atoms with Gasteiger partial charge in [0.1, 0.15) is 5.82 Å². The fraction of sp³-hybridized carbons (Fsp3) is 0.462. The SMILES string of the molecule is CCCC(C)(O)CNC(=O)c1ccc(N)c(F)c1. The predicted molar refractivity (Wildman–Crippen MR) is 68.7 cm³/mol. The van der Waals surface area contributed by atoms with Crippen molar-refractivity contribution in [2.45, 2.75) is 32.3 Å². The van der Waals surface area contributed by atoms with Crippen molar-refractivity contribution in [3.63, 3.8) is 0 Å². The van der Waals surface area contributed by atoms with Gasteiger partial charge in [0.05, 0.1) is 11.3 Å². The third kappa shape index (κ3) is 4.00. The monoisotopic (exact) mass is 254 g/mol. The number of nitrogens with two attached hydrogens (primary N) is 1. The highest BCUT2D eigenvalue weighted by Crippen LogP contribution is 2.13. The summed E-state index contributed by atoms with van der Waals surface area (Å²) in [6.07, 6.45) is 1.41. The van der Waals surface area contributed by atoms with Crippen LogP contribution in [0.3, 0.4) is 0 Å². The molecule has 0 aromatic heterocycles. The van der Waals surface area contributed by atoms with Gasteiger partial charge in [0.25, 0.3) is 5.91 Å². The number of benzene rings is 1. The maximum Gasteiger partial charge on any atom is 0.251 e. The average molecular weight is 254 g/mol. The molecule has 1 atom stereocenters. The van der Waals surface area contributed by atoms with E-state index in [1.165, 1.54) is 12.1 Å². The molecule has 1 unspecified atom stereocenters. The Kier molecular flexibility index (Phi) is 4.67. The first-order chi connectivity index (χ1) is 8.35. The number of rotatable bonds is 5. The van der Waals surface area contributed by atoms with Gasteiger partial charge in [0.15, 0.2) is 0 Å². The lowest BCUT2D eigenvalue weighted by Crippen LogP contribution is -2.40. The number of nitrogens with one attached hydrogen (secondary N) is 1. The van der Waals surface area contributed by atoms with E-state index in [9.17, 15) is 14.3 Å². The molecule has 0 aliphatic carbocycles.